The van der Waals surface area contributed by atoms with Gasteiger partial charge in [0.25, 0.3) is 11.6 Å². The lowest BCUT2D eigenvalue weighted by Crippen LogP contribution is -2.27. The van der Waals surface area contributed by atoms with Crippen LogP contribution in [0, 0.1) is 10.1 Å². The molecule has 1 N–H and O–H groups in total. The molecule has 1 amide bonds. The third-order valence-corrected chi connectivity index (χ3v) is 6.65. The zero-order valence-electron chi connectivity index (χ0n) is 15.5. The first-order chi connectivity index (χ1) is 14.3. The third kappa shape index (κ3) is 4.79. The summed E-state index contributed by atoms with van der Waals surface area (Å²) in [5.74, 6) is 0.490. The van der Waals surface area contributed by atoms with Crippen LogP contribution in [-0.2, 0) is 4.79 Å². The molecule has 7 nitrogen and oxygen atoms in total. The van der Waals surface area contributed by atoms with Crippen molar-refractivity contribution in [2.75, 3.05) is 24.4 Å². The van der Waals surface area contributed by atoms with Crippen molar-refractivity contribution in [2.24, 2.45) is 0 Å². The van der Waals surface area contributed by atoms with Crippen molar-refractivity contribution in [2.45, 2.75) is 4.90 Å². The fourth-order valence-corrected chi connectivity index (χ4v) is 4.99. The molecule has 1 heterocycles. The van der Waals surface area contributed by atoms with Crippen molar-refractivity contribution in [1.82, 2.24) is 0 Å². The van der Waals surface area contributed by atoms with E-state index in [4.69, 9.17) is 33.7 Å². The minimum absolute atomic E-state index is 0.0819. The lowest BCUT2D eigenvalue weighted by molar-refractivity contribution is -0.387. The number of amides is 1. The van der Waals surface area contributed by atoms with Gasteiger partial charge in [0.15, 0.2) is 4.32 Å². The maximum absolute atomic E-state index is 12.9. The van der Waals surface area contributed by atoms with Crippen LogP contribution in [0.5, 0.6) is 5.75 Å². The second-order valence-corrected chi connectivity index (χ2v) is 9.11. The summed E-state index contributed by atoms with van der Waals surface area (Å²) in [4.78, 5) is 26.0. The van der Waals surface area contributed by atoms with E-state index in [1.165, 1.54) is 29.8 Å². The SMILES string of the molecule is COc1ccc(N2C(=O)C(=Cc3ccc(SCCO)c([N+](=O)[O-])c3)SC2=S)cc1Cl. The third-order valence-electron chi connectivity index (χ3n) is 4.01. The zero-order valence-corrected chi connectivity index (χ0v) is 18.7. The first-order valence-electron chi connectivity index (χ1n) is 8.49. The van der Waals surface area contributed by atoms with Crippen LogP contribution in [-0.4, -0.2) is 39.7 Å². The van der Waals surface area contributed by atoms with Crippen molar-refractivity contribution in [1.29, 1.82) is 0 Å². The first-order valence-corrected chi connectivity index (χ1v) is 11.1. The number of aliphatic hydroxyl groups excluding tert-OH is 1. The van der Waals surface area contributed by atoms with Crippen LogP contribution in [0.2, 0.25) is 5.02 Å². The molecule has 0 bridgehead atoms. The van der Waals surface area contributed by atoms with Crippen molar-refractivity contribution in [3.8, 4) is 5.75 Å². The van der Waals surface area contributed by atoms with E-state index in [-0.39, 0.29) is 18.2 Å². The Balaban J connectivity index is 1.91. The van der Waals surface area contributed by atoms with Crippen molar-refractivity contribution in [3.63, 3.8) is 0 Å². The molecule has 0 atom stereocenters. The Bertz CT molecular complexity index is 1060. The molecule has 0 aromatic heterocycles. The zero-order chi connectivity index (χ0) is 21.8. The smallest absolute Gasteiger partial charge is 0.283 e. The number of anilines is 1. The summed E-state index contributed by atoms with van der Waals surface area (Å²) in [6.45, 7) is -0.0819. The van der Waals surface area contributed by atoms with E-state index >= 15 is 0 Å². The van der Waals surface area contributed by atoms with Crippen LogP contribution >= 0.6 is 47.3 Å². The number of halogens is 1. The van der Waals surface area contributed by atoms with E-state index in [9.17, 15) is 14.9 Å². The molecule has 0 saturated carbocycles. The Kier molecular flexibility index (Phi) is 7.37. The van der Waals surface area contributed by atoms with Gasteiger partial charge in [-0.2, -0.15) is 0 Å². The number of nitro benzene ring substituents is 1. The van der Waals surface area contributed by atoms with Gasteiger partial charge in [0.1, 0.15) is 5.75 Å². The van der Waals surface area contributed by atoms with Crippen molar-refractivity contribution in [3.05, 3.63) is 62.0 Å². The fourth-order valence-electron chi connectivity index (χ4n) is 2.68. The maximum atomic E-state index is 12.9. The Morgan fingerprint density at radius 3 is 2.77 bits per heavy atom. The molecule has 0 spiro atoms. The summed E-state index contributed by atoms with van der Waals surface area (Å²) >= 11 is 13.8. The summed E-state index contributed by atoms with van der Waals surface area (Å²) in [7, 11) is 1.50. The lowest BCUT2D eigenvalue weighted by atomic mass is 10.2. The largest absolute Gasteiger partial charge is 0.495 e. The van der Waals surface area contributed by atoms with Crippen LogP contribution < -0.4 is 9.64 Å². The topological polar surface area (TPSA) is 92.9 Å². The summed E-state index contributed by atoms with van der Waals surface area (Å²) in [5.41, 5.74) is 0.927. The van der Waals surface area contributed by atoms with Gasteiger partial charge >= 0.3 is 0 Å². The van der Waals surface area contributed by atoms with E-state index in [1.54, 1.807) is 36.4 Å². The normalized spacial score (nSPS) is 15.2. The van der Waals surface area contributed by atoms with E-state index in [0.717, 1.165) is 11.8 Å². The molecule has 2 aromatic rings. The number of carbonyl (C=O) groups excluding carboxylic acids is 1. The first kappa shape index (κ1) is 22.6. The number of ether oxygens (including phenoxy) is 1. The number of thiocarbonyl (C=S) groups is 1. The molecule has 0 unspecified atom stereocenters. The van der Waals surface area contributed by atoms with Gasteiger partial charge in [-0.25, -0.2) is 0 Å². The van der Waals surface area contributed by atoms with Gasteiger partial charge in [-0.05, 0) is 35.9 Å². The number of nitro groups is 1. The summed E-state index contributed by atoms with van der Waals surface area (Å²) in [6, 6.07) is 9.60. The summed E-state index contributed by atoms with van der Waals surface area (Å²) < 4.78 is 5.46. The van der Waals surface area contributed by atoms with Gasteiger partial charge in [0.05, 0.1) is 39.2 Å². The van der Waals surface area contributed by atoms with E-state index in [1.807, 2.05) is 0 Å². The van der Waals surface area contributed by atoms with E-state index in [0.29, 0.717) is 41.9 Å². The molecule has 3 rings (SSSR count). The molecular formula is C19H15ClN2O5S3. The molecule has 1 saturated heterocycles. The highest BCUT2D eigenvalue weighted by molar-refractivity contribution is 8.27. The molecule has 2 aromatic carbocycles. The summed E-state index contributed by atoms with van der Waals surface area (Å²) in [5, 5.41) is 20.7. The molecule has 30 heavy (non-hydrogen) atoms. The second kappa shape index (κ2) is 9.80. The standard InChI is InChI=1S/C19H15ClN2O5S3/c1-27-15-4-3-12(10-13(15)20)21-18(24)17(30-19(21)28)9-11-2-5-16(29-7-6-23)14(8-11)22(25)26/h2-5,8-10,23H,6-7H2,1H3. The minimum Gasteiger partial charge on any atom is -0.495 e. The molecule has 156 valence electrons. The van der Waals surface area contributed by atoms with Gasteiger partial charge in [0, 0.05) is 11.8 Å². The van der Waals surface area contributed by atoms with Gasteiger partial charge in [-0.3, -0.25) is 19.8 Å². The van der Waals surface area contributed by atoms with E-state index < -0.39 is 4.92 Å². The highest BCUT2D eigenvalue weighted by atomic mass is 35.5. The number of hydrogen-bond acceptors (Lipinski definition) is 8. The number of benzene rings is 2. The monoisotopic (exact) mass is 482 g/mol. The molecule has 1 aliphatic rings. The second-order valence-electron chi connectivity index (χ2n) is 5.89. The predicted octanol–water partition coefficient (Wildman–Crippen LogP) is 4.75. The quantitative estimate of drug-likeness (QED) is 0.199. The maximum Gasteiger partial charge on any atom is 0.283 e. The minimum atomic E-state index is -0.485. The molecule has 0 radical (unpaired) electrons. The number of rotatable bonds is 7. The molecule has 1 aliphatic heterocycles. The highest BCUT2D eigenvalue weighted by Crippen LogP contribution is 2.39. The number of nitrogens with zero attached hydrogens (tertiary/aromatic N) is 2. The number of hydrogen-bond donors (Lipinski definition) is 1. The Morgan fingerprint density at radius 1 is 1.37 bits per heavy atom. The molecular weight excluding hydrogens is 468 g/mol. The van der Waals surface area contributed by atoms with Crippen LogP contribution in [0.1, 0.15) is 5.56 Å². The predicted molar refractivity (Wildman–Crippen MR) is 125 cm³/mol. The van der Waals surface area contributed by atoms with Gasteiger partial charge in [-0.15, -0.1) is 11.8 Å². The van der Waals surface area contributed by atoms with Crippen LogP contribution in [0.3, 0.4) is 0 Å². The fraction of sp³-hybridized carbons (Fsp3) is 0.158. The van der Waals surface area contributed by atoms with Crippen LogP contribution in [0.15, 0.2) is 46.2 Å². The Morgan fingerprint density at radius 2 is 2.13 bits per heavy atom. The van der Waals surface area contributed by atoms with Gasteiger partial charge < -0.3 is 9.84 Å². The summed E-state index contributed by atoms with van der Waals surface area (Å²) in [6.07, 6.45) is 1.57. The number of thioether (sulfide) groups is 2. The van der Waals surface area contributed by atoms with Gasteiger partial charge in [-0.1, -0.05) is 41.6 Å². The molecule has 11 heteroatoms. The van der Waals surface area contributed by atoms with Crippen LogP contribution in [0.4, 0.5) is 11.4 Å². The molecule has 1 fully saturated rings. The Labute approximate surface area is 191 Å². The average Bonchev–Trinajstić information content (AvgIpc) is 2.99. The Hall–Kier alpha value is -2.11. The lowest BCUT2D eigenvalue weighted by Gasteiger charge is -2.15. The number of methoxy groups -OCH3 is 1. The highest BCUT2D eigenvalue weighted by Gasteiger charge is 2.33. The van der Waals surface area contributed by atoms with Gasteiger partial charge in [0.2, 0.25) is 0 Å². The van der Waals surface area contributed by atoms with Crippen LogP contribution in [0.25, 0.3) is 6.08 Å². The van der Waals surface area contributed by atoms with Crippen molar-refractivity contribution >= 4 is 75.0 Å². The number of aliphatic hydroxyl groups is 1. The average molecular weight is 483 g/mol. The number of carbonyl (C=O) groups is 1. The van der Waals surface area contributed by atoms with Crippen molar-refractivity contribution < 1.29 is 19.6 Å². The molecule has 0 aliphatic carbocycles. The van der Waals surface area contributed by atoms with E-state index in [2.05, 4.69) is 0 Å².